The SMILES string of the molecule is Cc1n[nH]c(C)c1C(=O)NC1CCC(C)C1C. The number of carbonyl (C=O) groups is 1. The summed E-state index contributed by atoms with van der Waals surface area (Å²) in [4.78, 5) is 12.2. The summed E-state index contributed by atoms with van der Waals surface area (Å²) >= 11 is 0. The number of rotatable bonds is 2. The summed E-state index contributed by atoms with van der Waals surface area (Å²) in [7, 11) is 0. The number of aromatic nitrogens is 2. The number of nitrogens with zero attached hydrogens (tertiary/aromatic N) is 1. The summed E-state index contributed by atoms with van der Waals surface area (Å²) in [6, 6.07) is 0.311. The number of amides is 1. The molecule has 94 valence electrons. The van der Waals surface area contributed by atoms with Gasteiger partial charge in [0, 0.05) is 11.7 Å². The predicted molar refractivity (Wildman–Crippen MR) is 66.9 cm³/mol. The summed E-state index contributed by atoms with van der Waals surface area (Å²) in [6.07, 6.45) is 2.29. The van der Waals surface area contributed by atoms with Crippen LogP contribution < -0.4 is 5.32 Å². The molecule has 1 aromatic rings. The van der Waals surface area contributed by atoms with Crippen LogP contribution in [0, 0.1) is 25.7 Å². The van der Waals surface area contributed by atoms with Gasteiger partial charge in [0.15, 0.2) is 0 Å². The van der Waals surface area contributed by atoms with E-state index >= 15 is 0 Å². The van der Waals surface area contributed by atoms with E-state index in [0.717, 1.165) is 17.8 Å². The fourth-order valence-electron chi connectivity index (χ4n) is 2.69. The molecule has 1 fully saturated rings. The molecule has 0 bridgehead atoms. The lowest BCUT2D eigenvalue weighted by Crippen LogP contribution is -2.37. The predicted octanol–water partition coefficient (Wildman–Crippen LogP) is 2.19. The highest BCUT2D eigenvalue weighted by Gasteiger charge is 2.31. The molecule has 0 aromatic carbocycles. The Hall–Kier alpha value is -1.32. The van der Waals surface area contributed by atoms with Gasteiger partial charge in [-0.1, -0.05) is 13.8 Å². The van der Waals surface area contributed by atoms with Gasteiger partial charge in [-0.05, 0) is 38.5 Å². The minimum atomic E-state index is 0.0136. The van der Waals surface area contributed by atoms with Crippen LogP contribution in [-0.2, 0) is 0 Å². The molecule has 1 saturated carbocycles. The van der Waals surface area contributed by atoms with Gasteiger partial charge < -0.3 is 5.32 Å². The van der Waals surface area contributed by atoms with Crippen LogP contribution >= 0.6 is 0 Å². The third-order valence-electron chi connectivity index (χ3n) is 4.14. The minimum absolute atomic E-state index is 0.0136. The van der Waals surface area contributed by atoms with Crippen LogP contribution in [0.4, 0.5) is 0 Å². The fourth-order valence-corrected chi connectivity index (χ4v) is 2.69. The van der Waals surface area contributed by atoms with Crippen molar-refractivity contribution in [1.82, 2.24) is 15.5 Å². The zero-order chi connectivity index (χ0) is 12.6. The van der Waals surface area contributed by atoms with Gasteiger partial charge in [-0.15, -0.1) is 0 Å². The molecule has 3 atom stereocenters. The number of hydrogen-bond acceptors (Lipinski definition) is 2. The van der Waals surface area contributed by atoms with E-state index in [0.29, 0.717) is 23.4 Å². The van der Waals surface area contributed by atoms with Crippen molar-refractivity contribution in [3.63, 3.8) is 0 Å². The Morgan fingerprint density at radius 3 is 2.53 bits per heavy atom. The Bertz CT molecular complexity index is 405. The second-order valence-electron chi connectivity index (χ2n) is 5.30. The maximum atomic E-state index is 12.2. The van der Waals surface area contributed by atoms with Crippen LogP contribution in [0.15, 0.2) is 0 Å². The highest BCUT2D eigenvalue weighted by atomic mass is 16.1. The summed E-state index contributed by atoms with van der Waals surface area (Å²) in [5.41, 5.74) is 2.33. The van der Waals surface area contributed by atoms with Crippen molar-refractivity contribution in [1.29, 1.82) is 0 Å². The van der Waals surface area contributed by atoms with Crippen molar-refractivity contribution in [3.05, 3.63) is 17.0 Å². The molecule has 0 saturated heterocycles. The largest absolute Gasteiger partial charge is 0.349 e. The Morgan fingerprint density at radius 2 is 2.06 bits per heavy atom. The Kier molecular flexibility index (Phi) is 3.22. The number of H-pyrrole nitrogens is 1. The molecule has 1 aromatic heterocycles. The molecule has 2 N–H and O–H groups in total. The third kappa shape index (κ3) is 2.21. The number of carbonyl (C=O) groups excluding carboxylic acids is 1. The highest BCUT2D eigenvalue weighted by molar-refractivity contribution is 5.96. The summed E-state index contributed by atoms with van der Waals surface area (Å²) in [5.74, 6) is 1.28. The normalized spacial score (nSPS) is 28.4. The number of aromatic amines is 1. The van der Waals surface area contributed by atoms with Crippen LogP contribution in [0.25, 0.3) is 0 Å². The zero-order valence-corrected chi connectivity index (χ0v) is 11.0. The molecule has 0 aliphatic heterocycles. The van der Waals surface area contributed by atoms with Crippen LogP contribution in [0.5, 0.6) is 0 Å². The average Bonchev–Trinajstić information content (AvgIpc) is 2.76. The van der Waals surface area contributed by atoms with Gasteiger partial charge in [0.25, 0.3) is 5.91 Å². The molecule has 2 rings (SSSR count). The number of hydrogen-bond donors (Lipinski definition) is 2. The van der Waals surface area contributed by atoms with Crippen molar-refractivity contribution < 1.29 is 4.79 Å². The quantitative estimate of drug-likeness (QED) is 0.825. The smallest absolute Gasteiger partial charge is 0.255 e. The molecule has 1 aliphatic carbocycles. The van der Waals surface area contributed by atoms with E-state index in [2.05, 4.69) is 29.4 Å². The molecule has 17 heavy (non-hydrogen) atoms. The van der Waals surface area contributed by atoms with Crippen LogP contribution in [0.3, 0.4) is 0 Å². The first-order valence-electron chi connectivity index (χ1n) is 6.33. The van der Waals surface area contributed by atoms with Crippen molar-refractivity contribution >= 4 is 5.91 Å². The van der Waals surface area contributed by atoms with Gasteiger partial charge in [0.2, 0.25) is 0 Å². The van der Waals surface area contributed by atoms with E-state index in [1.165, 1.54) is 6.42 Å². The maximum Gasteiger partial charge on any atom is 0.255 e. The number of aryl methyl sites for hydroxylation is 2. The lowest BCUT2D eigenvalue weighted by atomic mass is 9.97. The fraction of sp³-hybridized carbons (Fsp3) is 0.692. The second-order valence-corrected chi connectivity index (χ2v) is 5.30. The third-order valence-corrected chi connectivity index (χ3v) is 4.14. The molecule has 1 aliphatic rings. The zero-order valence-electron chi connectivity index (χ0n) is 11.0. The van der Waals surface area contributed by atoms with E-state index in [1.807, 2.05) is 13.8 Å². The van der Waals surface area contributed by atoms with Gasteiger partial charge >= 0.3 is 0 Å². The topological polar surface area (TPSA) is 57.8 Å². The van der Waals surface area contributed by atoms with Crippen molar-refractivity contribution in [3.8, 4) is 0 Å². The van der Waals surface area contributed by atoms with E-state index < -0.39 is 0 Å². The molecule has 1 heterocycles. The van der Waals surface area contributed by atoms with E-state index in [4.69, 9.17) is 0 Å². The molecule has 1 amide bonds. The summed E-state index contributed by atoms with van der Waals surface area (Å²) < 4.78 is 0. The average molecular weight is 235 g/mol. The van der Waals surface area contributed by atoms with Crippen LogP contribution in [-0.4, -0.2) is 22.1 Å². The molecule has 0 radical (unpaired) electrons. The lowest BCUT2D eigenvalue weighted by Gasteiger charge is -2.19. The molecule has 0 spiro atoms. The first-order chi connectivity index (χ1) is 8.00. The highest BCUT2D eigenvalue weighted by Crippen LogP contribution is 2.31. The van der Waals surface area contributed by atoms with E-state index in [9.17, 15) is 4.79 Å². The maximum absolute atomic E-state index is 12.2. The van der Waals surface area contributed by atoms with Crippen LogP contribution in [0.2, 0.25) is 0 Å². The first kappa shape index (κ1) is 12.1. The van der Waals surface area contributed by atoms with Gasteiger partial charge in [-0.3, -0.25) is 9.89 Å². The minimum Gasteiger partial charge on any atom is -0.349 e. The molecule has 4 nitrogen and oxygen atoms in total. The van der Waals surface area contributed by atoms with Gasteiger partial charge in [0.05, 0.1) is 11.3 Å². The monoisotopic (exact) mass is 235 g/mol. The Labute approximate surface area is 102 Å². The Morgan fingerprint density at radius 1 is 1.35 bits per heavy atom. The van der Waals surface area contributed by atoms with Crippen molar-refractivity contribution in [2.24, 2.45) is 11.8 Å². The van der Waals surface area contributed by atoms with Crippen molar-refractivity contribution in [2.75, 3.05) is 0 Å². The molecular formula is C13H21N3O. The van der Waals surface area contributed by atoms with Gasteiger partial charge in [-0.25, -0.2) is 0 Å². The lowest BCUT2D eigenvalue weighted by molar-refractivity contribution is 0.0926. The molecule has 3 unspecified atom stereocenters. The standard InChI is InChI=1S/C13H21N3O/c1-7-5-6-11(8(7)2)14-13(17)12-9(3)15-16-10(12)4/h7-8,11H,5-6H2,1-4H3,(H,14,17)(H,15,16). The van der Waals surface area contributed by atoms with E-state index in [1.54, 1.807) is 0 Å². The molecule has 4 heteroatoms. The summed E-state index contributed by atoms with van der Waals surface area (Å²) in [6.45, 7) is 8.22. The molecular weight excluding hydrogens is 214 g/mol. The Balaban J connectivity index is 2.08. The second kappa shape index (κ2) is 4.51. The van der Waals surface area contributed by atoms with Crippen molar-refractivity contribution in [2.45, 2.75) is 46.6 Å². The van der Waals surface area contributed by atoms with Gasteiger partial charge in [-0.2, -0.15) is 5.10 Å². The number of nitrogens with one attached hydrogen (secondary N) is 2. The van der Waals surface area contributed by atoms with E-state index in [-0.39, 0.29) is 5.91 Å². The van der Waals surface area contributed by atoms with Crippen LogP contribution in [0.1, 0.15) is 48.4 Å². The van der Waals surface area contributed by atoms with Gasteiger partial charge in [0.1, 0.15) is 0 Å². The summed E-state index contributed by atoms with van der Waals surface area (Å²) in [5, 5.41) is 10.1. The first-order valence-corrected chi connectivity index (χ1v) is 6.33.